The highest BCUT2D eigenvalue weighted by Crippen LogP contribution is 2.20. The van der Waals surface area contributed by atoms with Gasteiger partial charge in [0.05, 0.1) is 13.2 Å². The molecule has 1 saturated heterocycles. The van der Waals surface area contributed by atoms with Crippen LogP contribution in [0.5, 0.6) is 0 Å². The summed E-state index contributed by atoms with van der Waals surface area (Å²) in [5.41, 5.74) is 0. The lowest BCUT2D eigenvalue weighted by Crippen LogP contribution is -2.42. The highest BCUT2D eigenvalue weighted by atomic mass is 16.6. The van der Waals surface area contributed by atoms with Gasteiger partial charge in [0.2, 0.25) is 0 Å². The third-order valence-electron chi connectivity index (χ3n) is 6.29. The molecule has 0 aliphatic carbocycles. The van der Waals surface area contributed by atoms with E-state index in [4.69, 9.17) is 9.47 Å². The third kappa shape index (κ3) is 14.0. The first-order valence-corrected chi connectivity index (χ1v) is 13.7. The van der Waals surface area contributed by atoms with Gasteiger partial charge in [-0.3, -0.25) is 4.90 Å². The lowest BCUT2D eigenvalue weighted by atomic mass is 10.0. The molecule has 1 amide bonds. The molecule has 1 aliphatic heterocycles. The van der Waals surface area contributed by atoms with E-state index >= 15 is 0 Å². The van der Waals surface area contributed by atoms with E-state index in [-0.39, 0.29) is 18.0 Å². The molecule has 0 unspecified atom stereocenters. The molecule has 0 N–H and O–H groups in total. The minimum absolute atomic E-state index is 0.269. The summed E-state index contributed by atoms with van der Waals surface area (Å²) in [5, 5.41) is 0. The Labute approximate surface area is 198 Å². The fourth-order valence-electron chi connectivity index (χ4n) is 4.29. The van der Waals surface area contributed by atoms with Gasteiger partial charge in [0.15, 0.2) is 0 Å². The van der Waals surface area contributed by atoms with Crippen LogP contribution in [0.25, 0.3) is 0 Å². The molecule has 0 aromatic heterocycles. The van der Waals surface area contributed by atoms with Crippen molar-refractivity contribution in [3.63, 3.8) is 0 Å². The molecule has 32 heavy (non-hydrogen) atoms. The van der Waals surface area contributed by atoms with Gasteiger partial charge in [-0.15, -0.1) is 0 Å². The smallest absolute Gasteiger partial charge is 0.410 e. The minimum Gasteiger partial charge on any atom is -0.464 e. The van der Waals surface area contributed by atoms with E-state index in [0.717, 1.165) is 19.3 Å². The van der Waals surface area contributed by atoms with Gasteiger partial charge in [-0.25, -0.2) is 9.59 Å². The van der Waals surface area contributed by atoms with Gasteiger partial charge in [0.25, 0.3) is 0 Å². The summed E-state index contributed by atoms with van der Waals surface area (Å²) in [6.07, 6.45) is 20.9. The fraction of sp³-hybridized carbons (Fsp3) is 0.926. The van der Waals surface area contributed by atoms with Gasteiger partial charge in [-0.05, 0) is 25.2 Å². The van der Waals surface area contributed by atoms with E-state index in [1.807, 2.05) is 13.8 Å². The molecule has 5 heteroatoms. The topological polar surface area (TPSA) is 55.8 Å². The number of carbonyl (C=O) groups is 2. The van der Waals surface area contributed by atoms with E-state index in [1.165, 1.54) is 88.4 Å². The SMILES string of the molecule is CCCCCCCCCCCCCCCCCOC(=O)[C@@H]1CCCN1C(=O)OCC(C)C. The molecule has 1 heterocycles. The second-order valence-electron chi connectivity index (χ2n) is 9.94. The number of esters is 1. The van der Waals surface area contributed by atoms with Gasteiger partial charge < -0.3 is 9.47 Å². The number of ether oxygens (including phenoxy) is 2. The van der Waals surface area contributed by atoms with Crippen molar-refractivity contribution in [3.05, 3.63) is 0 Å². The second-order valence-corrected chi connectivity index (χ2v) is 9.94. The van der Waals surface area contributed by atoms with Crippen molar-refractivity contribution in [1.82, 2.24) is 4.90 Å². The highest BCUT2D eigenvalue weighted by molar-refractivity contribution is 5.82. The van der Waals surface area contributed by atoms with E-state index in [0.29, 0.717) is 26.2 Å². The number of rotatable bonds is 19. The third-order valence-corrected chi connectivity index (χ3v) is 6.29. The van der Waals surface area contributed by atoms with Gasteiger partial charge in [-0.2, -0.15) is 0 Å². The molecular formula is C27H51NO4. The average molecular weight is 454 g/mol. The van der Waals surface area contributed by atoms with Crippen LogP contribution in [0.4, 0.5) is 4.79 Å². The maximum absolute atomic E-state index is 12.4. The second kappa shape index (κ2) is 19.2. The van der Waals surface area contributed by atoms with Crippen molar-refractivity contribution >= 4 is 12.1 Å². The molecule has 0 aromatic carbocycles. The average Bonchev–Trinajstić information content (AvgIpc) is 3.27. The van der Waals surface area contributed by atoms with E-state index < -0.39 is 6.04 Å². The fourth-order valence-corrected chi connectivity index (χ4v) is 4.29. The van der Waals surface area contributed by atoms with E-state index in [9.17, 15) is 9.59 Å². The molecule has 0 saturated carbocycles. The Morgan fingerprint density at radius 2 is 1.28 bits per heavy atom. The zero-order valence-corrected chi connectivity index (χ0v) is 21.4. The van der Waals surface area contributed by atoms with Crippen LogP contribution in [-0.4, -0.2) is 42.8 Å². The van der Waals surface area contributed by atoms with Crippen LogP contribution in [0.1, 0.15) is 130 Å². The number of hydrogen-bond donors (Lipinski definition) is 0. The van der Waals surface area contributed by atoms with Gasteiger partial charge in [0.1, 0.15) is 6.04 Å². The summed E-state index contributed by atoms with van der Waals surface area (Å²) in [4.78, 5) is 26.1. The van der Waals surface area contributed by atoms with Crippen molar-refractivity contribution in [2.24, 2.45) is 5.92 Å². The lowest BCUT2D eigenvalue weighted by molar-refractivity contribution is -0.148. The van der Waals surface area contributed by atoms with Crippen molar-refractivity contribution in [3.8, 4) is 0 Å². The predicted octanol–water partition coefficient (Wildman–Crippen LogP) is 7.66. The van der Waals surface area contributed by atoms with Crippen LogP contribution >= 0.6 is 0 Å². The van der Waals surface area contributed by atoms with E-state index in [2.05, 4.69) is 6.92 Å². The Morgan fingerprint density at radius 3 is 1.78 bits per heavy atom. The van der Waals surface area contributed by atoms with E-state index in [1.54, 1.807) is 0 Å². The van der Waals surface area contributed by atoms with Crippen LogP contribution in [0.3, 0.4) is 0 Å². The Hall–Kier alpha value is -1.26. The Balaban J connectivity index is 1.93. The van der Waals surface area contributed by atoms with Gasteiger partial charge in [0, 0.05) is 6.54 Å². The Kier molecular flexibility index (Phi) is 17.3. The first-order valence-electron chi connectivity index (χ1n) is 13.7. The number of nitrogens with zero attached hydrogens (tertiary/aromatic N) is 1. The molecule has 0 bridgehead atoms. The summed E-state index contributed by atoms with van der Waals surface area (Å²) in [6.45, 7) is 7.70. The lowest BCUT2D eigenvalue weighted by Gasteiger charge is -2.23. The molecule has 1 rings (SSSR count). The summed E-state index contributed by atoms with van der Waals surface area (Å²) in [7, 11) is 0. The first-order chi connectivity index (χ1) is 15.6. The number of unbranched alkanes of at least 4 members (excludes halogenated alkanes) is 14. The number of hydrogen-bond acceptors (Lipinski definition) is 4. The molecule has 0 radical (unpaired) electrons. The van der Waals surface area contributed by atoms with Crippen LogP contribution in [0, 0.1) is 5.92 Å². The van der Waals surface area contributed by atoms with Crippen LogP contribution in [0.15, 0.2) is 0 Å². The number of amides is 1. The maximum atomic E-state index is 12.4. The first kappa shape index (κ1) is 28.8. The monoisotopic (exact) mass is 453 g/mol. The van der Waals surface area contributed by atoms with Crippen molar-refractivity contribution < 1.29 is 19.1 Å². The van der Waals surface area contributed by atoms with Crippen LogP contribution < -0.4 is 0 Å². The molecular weight excluding hydrogens is 402 g/mol. The maximum Gasteiger partial charge on any atom is 0.410 e. The molecule has 1 aliphatic rings. The molecule has 188 valence electrons. The van der Waals surface area contributed by atoms with Crippen molar-refractivity contribution in [1.29, 1.82) is 0 Å². The minimum atomic E-state index is -0.467. The zero-order valence-electron chi connectivity index (χ0n) is 21.4. The summed E-state index contributed by atoms with van der Waals surface area (Å²) in [5.74, 6) is 0.0198. The van der Waals surface area contributed by atoms with Gasteiger partial charge >= 0.3 is 12.1 Å². The molecule has 0 spiro atoms. The number of carbonyl (C=O) groups excluding carboxylic acids is 2. The molecule has 0 aromatic rings. The van der Waals surface area contributed by atoms with Crippen molar-refractivity contribution in [2.45, 2.75) is 136 Å². The summed E-state index contributed by atoms with van der Waals surface area (Å²) >= 11 is 0. The summed E-state index contributed by atoms with van der Waals surface area (Å²) in [6, 6.07) is -0.467. The molecule has 5 nitrogen and oxygen atoms in total. The Morgan fingerprint density at radius 1 is 0.781 bits per heavy atom. The normalized spacial score (nSPS) is 16.0. The standard InChI is InChI=1S/C27H51NO4/c1-4-5-6-7-8-9-10-11-12-13-14-15-16-17-18-22-31-26(29)25-20-19-21-28(25)27(30)32-23-24(2)3/h24-25H,4-23H2,1-3H3/t25-/m0/s1. The van der Waals surface area contributed by atoms with Crippen LogP contribution in [-0.2, 0) is 14.3 Å². The summed E-state index contributed by atoms with van der Waals surface area (Å²) < 4.78 is 10.7. The quantitative estimate of drug-likeness (QED) is 0.149. The molecule has 1 fully saturated rings. The largest absolute Gasteiger partial charge is 0.464 e. The molecule has 1 atom stereocenters. The zero-order chi connectivity index (χ0) is 23.4. The van der Waals surface area contributed by atoms with Crippen molar-refractivity contribution in [2.75, 3.05) is 19.8 Å². The highest BCUT2D eigenvalue weighted by Gasteiger charge is 2.36. The Bertz CT molecular complexity index is 480. The number of likely N-dealkylation sites (tertiary alicyclic amines) is 1. The van der Waals surface area contributed by atoms with Gasteiger partial charge in [-0.1, -0.05) is 111 Å². The van der Waals surface area contributed by atoms with Crippen LogP contribution in [0.2, 0.25) is 0 Å². The predicted molar refractivity (Wildman–Crippen MR) is 132 cm³/mol.